The Kier molecular flexibility index (Phi) is 6.44. The molecular weight excluding hydrogens is 349 g/mol. The smallest absolute Gasteiger partial charge is 0.461 e. The minimum Gasteiger partial charge on any atom is -0.461 e. The fourth-order valence-corrected chi connectivity index (χ4v) is 4.02. The van der Waals surface area contributed by atoms with E-state index in [0.29, 0.717) is 29.1 Å². The first-order chi connectivity index (χ1) is 12.6. The van der Waals surface area contributed by atoms with E-state index in [1.54, 1.807) is 6.92 Å². The molecule has 27 heavy (non-hydrogen) atoms. The van der Waals surface area contributed by atoms with Crippen LogP contribution < -0.4 is 0 Å². The molecule has 4 nitrogen and oxygen atoms in total. The van der Waals surface area contributed by atoms with Crippen LogP contribution in [0, 0.1) is 13.8 Å². The average Bonchev–Trinajstić information content (AvgIpc) is 3.01. The molecule has 1 aliphatic rings. The Labute approximate surface area is 160 Å². The molecule has 0 radical (unpaired) electrons. The van der Waals surface area contributed by atoms with E-state index >= 15 is 0 Å². The fourth-order valence-electron chi connectivity index (χ4n) is 4.02. The number of esters is 1. The topological polar surface area (TPSA) is 43.6 Å². The third-order valence-corrected chi connectivity index (χ3v) is 5.26. The first-order valence-electron chi connectivity index (χ1n) is 9.26. The SMILES string of the molecule is CCC1=C(C)/C(=C(\COC(C)=O)c2c(C)c(CC)c(C)n2B(F)F)N=C1C. The lowest BCUT2D eigenvalue weighted by atomic mass is 9.97. The van der Waals surface area contributed by atoms with Crippen LogP contribution in [0.15, 0.2) is 21.8 Å². The summed E-state index contributed by atoms with van der Waals surface area (Å²) in [5.41, 5.74) is 6.73. The molecule has 1 aromatic heterocycles. The van der Waals surface area contributed by atoms with Crippen molar-refractivity contribution >= 4 is 24.7 Å². The van der Waals surface area contributed by atoms with Crippen molar-refractivity contribution in [1.82, 2.24) is 4.48 Å². The quantitative estimate of drug-likeness (QED) is 0.523. The molecule has 1 aromatic rings. The van der Waals surface area contributed by atoms with E-state index in [9.17, 15) is 13.4 Å². The maximum atomic E-state index is 14.0. The summed E-state index contributed by atoms with van der Waals surface area (Å²) in [6, 6.07) is 0. The van der Waals surface area contributed by atoms with Gasteiger partial charge in [0, 0.05) is 29.6 Å². The molecule has 0 atom stereocenters. The van der Waals surface area contributed by atoms with Gasteiger partial charge >= 0.3 is 13.4 Å². The zero-order valence-corrected chi connectivity index (χ0v) is 17.2. The number of carbonyl (C=O) groups excluding carboxylic acids is 1. The molecule has 0 saturated carbocycles. The monoisotopic (exact) mass is 376 g/mol. The van der Waals surface area contributed by atoms with E-state index in [2.05, 4.69) is 4.99 Å². The number of hydrogen-bond acceptors (Lipinski definition) is 3. The van der Waals surface area contributed by atoms with Crippen LogP contribution in [0.25, 0.3) is 5.57 Å². The highest BCUT2D eigenvalue weighted by atomic mass is 19.2. The molecule has 2 heterocycles. The summed E-state index contributed by atoms with van der Waals surface area (Å²) in [6.45, 7) is 12.6. The lowest BCUT2D eigenvalue weighted by Gasteiger charge is -2.16. The molecule has 7 heteroatoms. The van der Waals surface area contributed by atoms with Gasteiger partial charge in [-0.15, -0.1) is 0 Å². The number of carbonyl (C=O) groups is 1. The Morgan fingerprint density at radius 1 is 1.15 bits per heavy atom. The summed E-state index contributed by atoms with van der Waals surface area (Å²) in [5.74, 6) is -0.454. The predicted molar refractivity (Wildman–Crippen MR) is 106 cm³/mol. The van der Waals surface area contributed by atoms with E-state index < -0.39 is 13.4 Å². The van der Waals surface area contributed by atoms with Crippen LogP contribution in [-0.2, 0) is 16.0 Å². The van der Waals surface area contributed by atoms with Gasteiger partial charge in [-0.2, -0.15) is 0 Å². The second-order valence-corrected chi connectivity index (χ2v) is 6.80. The molecule has 0 fully saturated rings. The van der Waals surface area contributed by atoms with Crippen LogP contribution in [-0.4, -0.2) is 30.2 Å². The number of aliphatic imine (C=N–C) groups is 1. The Balaban J connectivity index is 2.85. The molecule has 146 valence electrons. The molecule has 0 N–H and O–H groups in total. The lowest BCUT2D eigenvalue weighted by Crippen LogP contribution is -2.20. The summed E-state index contributed by atoms with van der Waals surface area (Å²) < 4.78 is 34.2. The standard InChI is InChI=1S/C20H27BF2N2O2/c1-8-16-11(3)19(24-13(16)5)18(10-27-15(7)26)20-12(4)17(9-2)14(6)25(20)21(22)23/h8-10H2,1-7H3/b19-18-. The molecule has 0 aromatic carbocycles. The molecular formula is C20H27BF2N2O2. The number of halogens is 2. The van der Waals surface area contributed by atoms with Gasteiger partial charge in [0.05, 0.1) is 5.70 Å². The van der Waals surface area contributed by atoms with Crippen LogP contribution in [0.3, 0.4) is 0 Å². The third-order valence-electron chi connectivity index (χ3n) is 5.26. The zero-order chi connectivity index (χ0) is 20.5. The van der Waals surface area contributed by atoms with Crippen molar-refractivity contribution in [2.75, 3.05) is 6.61 Å². The lowest BCUT2D eigenvalue weighted by molar-refractivity contribution is -0.139. The van der Waals surface area contributed by atoms with Crippen LogP contribution in [0.5, 0.6) is 0 Å². The first-order valence-corrected chi connectivity index (χ1v) is 9.26. The second kappa shape index (κ2) is 8.23. The van der Waals surface area contributed by atoms with E-state index in [-0.39, 0.29) is 6.61 Å². The van der Waals surface area contributed by atoms with Gasteiger partial charge in [0.15, 0.2) is 0 Å². The predicted octanol–water partition coefficient (Wildman–Crippen LogP) is 4.91. The number of aromatic nitrogens is 1. The highest BCUT2D eigenvalue weighted by Crippen LogP contribution is 2.37. The van der Waals surface area contributed by atoms with Gasteiger partial charge in [0.2, 0.25) is 0 Å². The third kappa shape index (κ3) is 3.78. The van der Waals surface area contributed by atoms with Gasteiger partial charge in [0.1, 0.15) is 6.61 Å². The number of nitrogens with zero attached hydrogens (tertiary/aromatic N) is 2. The summed E-state index contributed by atoms with van der Waals surface area (Å²) >= 11 is 0. The van der Waals surface area contributed by atoms with Crippen LogP contribution in [0.2, 0.25) is 0 Å². The average molecular weight is 376 g/mol. The number of hydrogen-bond donors (Lipinski definition) is 0. The normalized spacial score (nSPS) is 16.0. The molecule has 0 aliphatic carbocycles. The van der Waals surface area contributed by atoms with Gasteiger partial charge in [-0.3, -0.25) is 18.4 Å². The Morgan fingerprint density at radius 3 is 2.22 bits per heavy atom. The van der Waals surface area contributed by atoms with Crippen molar-refractivity contribution < 1.29 is 18.2 Å². The summed E-state index contributed by atoms with van der Waals surface area (Å²) in [7, 11) is -2.69. The van der Waals surface area contributed by atoms with Crippen molar-refractivity contribution in [1.29, 1.82) is 0 Å². The molecule has 0 amide bonds. The van der Waals surface area contributed by atoms with Crippen LogP contribution in [0.4, 0.5) is 8.63 Å². The van der Waals surface area contributed by atoms with Crippen LogP contribution in [0.1, 0.15) is 63.6 Å². The second-order valence-electron chi connectivity index (χ2n) is 6.80. The summed E-state index contributed by atoms with van der Waals surface area (Å²) in [5, 5.41) is 0. The minimum atomic E-state index is -2.69. The van der Waals surface area contributed by atoms with Gasteiger partial charge in [-0.25, -0.2) is 0 Å². The minimum absolute atomic E-state index is 0.0874. The highest BCUT2D eigenvalue weighted by molar-refractivity contribution is 6.41. The Hall–Kier alpha value is -2.18. The molecule has 0 bridgehead atoms. The summed E-state index contributed by atoms with van der Waals surface area (Å²) in [6.07, 6.45) is 1.46. The van der Waals surface area contributed by atoms with E-state index in [1.807, 2.05) is 34.6 Å². The van der Waals surface area contributed by atoms with E-state index in [4.69, 9.17) is 4.74 Å². The van der Waals surface area contributed by atoms with Crippen molar-refractivity contribution in [2.24, 2.45) is 4.99 Å². The maximum Gasteiger partial charge on any atom is 0.677 e. The largest absolute Gasteiger partial charge is 0.677 e. The van der Waals surface area contributed by atoms with E-state index in [1.165, 1.54) is 6.92 Å². The Morgan fingerprint density at radius 2 is 1.78 bits per heavy atom. The molecule has 2 rings (SSSR count). The van der Waals surface area contributed by atoms with Crippen molar-refractivity contribution in [3.8, 4) is 0 Å². The molecule has 0 spiro atoms. The highest BCUT2D eigenvalue weighted by Gasteiger charge is 2.31. The number of allylic oxidation sites excluding steroid dienone is 2. The number of rotatable bonds is 6. The fraction of sp³-hybridized carbons (Fsp3) is 0.500. The van der Waals surface area contributed by atoms with Gasteiger partial charge in [-0.1, -0.05) is 13.8 Å². The van der Waals surface area contributed by atoms with Gasteiger partial charge in [-0.05, 0) is 62.8 Å². The first kappa shape index (κ1) is 21.1. The summed E-state index contributed by atoms with van der Waals surface area (Å²) in [4.78, 5) is 16.1. The molecule has 0 saturated heterocycles. The van der Waals surface area contributed by atoms with Crippen molar-refractivity contribution in [3.63, 3.8) is 0 Å². The molecule has 0 unspecified atom stereocenters. The molecule has 1 aliphatic heterocycles. The van der Waals surface area contributed by atoms with Gasteiger partial charge in [0.25, 0.3) is 0 Å². The maximum absolute atomic E-state index is 14.0. The van der Waals surface area contributed by atoms with Crippen LogP contribution >= 0.6 is 0 Å². The Bertz CT molecular complexity index is 864. The zero-order valence-electron chi connectivity index (χ0n) is 17.2. The van der Waals surface area contributed by atoms with Crippen molar-refractivity contribution in [3.05, 3.63) is 39.4 Å². The van der Waals surface area contributed by atoms with E-state index in [0.717, 1.165) is 38.9 Å². The van der Waals surface area contributed by atoms with Crippen molar-refractivity contribution in [2.45, 2.75) is 61.3 Å². The number of ether oxygens (including phenoxy) is 1. The van der Waals surface area contributed by atoms with Gasteiger partial charge < -0.3 is 9.21 Å².